The van der Waals surface area contributed by atoms with Crippen molar-refractivity contribution in [3.63, 3.8) is 0 Å². The fraction of sp³-hybridized carbons (Fsp3) is 0.400. The van der Waals surface area contributed by atoms with E-state index in [1.807, 2.05) is 24.3 Å². The Bertz CT molecular complexity index is 778. The molecular formula is C15H18ClN3O2S. The van der Waals surface area contributed by atoms with Crippen LogP contribution in [-0.4, -0.2) is 24.2 Å². The van der Waals surface area contributed by atoms with E-state index in [1.54, 1.807) is 20.0 Å². The smallest absolute Gasteiger partial charge is 0.256 e. The maximum atomic E-state index is 12.4. The minimum atomic E-state index is -3.51. The molecule has 7 heteroatoms. The second kappa shape index (κ2) is 5.68. The number of aryl methyl sites for hydroxylation is 2. The molecule has 0 bridgehead atoms. The molecule has 1 N–H and O–H groups in total. The molecule has 1 aromatic carbocycles. The number of halogens is 1. The number of rotatable bonds is 4. The Balaban J connectivity index is 1.64. The summed E-state index contributed by atoms with van der Waals surface area (Å²) in [7, 11) is -1.88. The van der Waals surface area contributed by atoms with Gasteiger partial charge in [-0.15, -0.1) is 0 Å². The molecular weight excluding hydrogens is 322 g/mol. The first-order valence-corrected chi connectivity index (χ1v) is 9.00. The fourth-order valence-corrected chi connectivity index (χ4v) is 4.43. The van der Waals surface area contributed by atoms with Crippen LogP contribution in [0.15, 0.2) is 35.4 Å². The molecule has 0 radical (unpaired) electrons. The number of hydrogen-bond acceptors (Lipinski definition) is 3. The summed E-state index contributed by atoms with van der Waals surface area (Å²) < 4.78 is 28.9. The van der Waals surface area contributed by atoms with E-state index >= 15 is 0 Å². The summed E-state index contributed by atoms with van der Waals surface area (Å²) in [6.45, 7) is 1.78. The molecule has 1 heterocycles. The summed E-state index contributed by atoms with van der Waals surface area (Å²) in [5.74, 6) is 0.387. The van der Waals surface area contributed by atoms with Crippen molar-refractivity contribution in [3.05, 3.63) is 46.6 Å². The monoisotopic (exact) mass is 339 g/mol. The third-order valence-corrected chi connectivity index (χ3v) is 5.86. The Morgan fingerprint density at radius 2 is 1.91 bits per heavy atom. The third-order valence-electron chi connectivity index (χ3n) is 4.04. The number of benzene rings is 1. The predicted octanol–water partition coefficient (Wildman–Crippen LogP) is 2.61. The zero-order chi connectivity index (χ0) is 15.9. The molecule has 0 spiro atoms. The number of hydrogen-bond donors (Lipinski definition) is 1. The van der Waals surface area contributed by atoms with Crippen molar-refractivity contribution in [1.29, 1.82) is 0 Å². The van der Waals surface area contributed by atoms with Gasteiger partial charge in [-0.25, -0.2) is 13.1 Å². The topological polar surface area (TPSA) is 64.0 Å². The molecule has 1 aliphatic carbocycles. The van der Waals surface area contributed by atoms with Gasteiger partial charge in [-0.2, -0.15) is 5.10 Å². The number of nitrogens with one attached hydrogen (secondary N) is 1. The average molecular weight is 340 g/mol. The molecule has 1 fully saturated rings. The largest absolute Gasteiger partial charge is 0.257 e. The second-order valence-corrected chi connectivity index (χ2v) is 7.88. The van der Waals surface area contributed by atoms with E-state index < -0.39 is 10.0 Å². The zero-order valence-corrected chi connectivity index (χ0v) is 14.0. The molecule has 118 valence electrons. The Hall–Kier alpha value is -1.37. The standard InChI is InChI=1S/C15H18ClN3O2S/c1-10-7-15(19(2)17-10)22(20,21)18-14-8-12(9-14)11-3-5-13(16)6-4-11/h3-7,12,14,18H,8-9H2,1-2H3. The van der Waals surface area contributed by atoms with Crippen LogP contribution in [0.2, 0.25) is 5.02 Å². The van der Waals surface area contributed by atoms with Gasteiger partial charge in [-0.1, -0.05) is 23.7 Å². The normalized spacial score (nSPS) is 21.6. The lowest BCUT2D eigenvalue weighted by Crippen LogP contribution is -2.43. The van der Waals surface area contributed by atoms with Gasteiger partial charge in [0.25, 0.3) is 10.0 Å². The van der Waals surface area contributed by atoms with Gasteiger partial charge < -0.3 is 0 Å². The van der Waals surface area contributed by atoms with E-state index in [2.05, 4.69) is 9.82 Å². The van der Waals surface area contributed by atoms with Gasteiger partial charge in [-0.3, -0.25) is 4.68 Å². The lowest BCUT2D eigenvalue weighted by Gasteiger charge is -2.35. The maximum absolute atomic E-state index is 12.4. The second-order valence-electron chi connectivity index (χ2n) is 5.79. The van der Waals surface area contributed by atoms with Crippen LogP contribution in [0, 0.1) is 6.92 Å². The average Bonchev–Trinajstić information content (AvgIpc) is 2.75. The van der Waals surface area contributed by atoms with Crippen LogP contribution in [0.25, 0.3) is 0 Å². The van der Waals surface area contributed by atoms with E-state index in [-0.39, 0.29) is 11.1 Å². The Labute approximate surface area is 135 Å². The van der Waals surface area contributed by atoms with E-state index in [9.17, 15) is 8.42 Å². The van der Waals surface area contributed by atoms with Crippen molar-refractivity contribution in [1.82, 2.24) is 14.5 Å². The van der Waals surface area contributed by atoms with E-state index in [4.69, 9.17) is 11.6 Å². The molecule has 0 atom stereocenters. The van der Waals surface area contributed by atoms with Crippen LogP contribution < -0.4 is 4.72 Å². The SMILES string of the molecule is Cc1cc(S(=O)(=O)NC2CC(c3ccc(Cl)cc3)C2)n(C)n1. The van der Waals surface area contributed by atoms with Gasteiger partial charge in [0, 0.05) is 18.1 Å². The van der Waals surface area contributed by atoms with E-state index in [0.29, 0.717) is 16.6 Å². The predicted molar refractivity (Wildman–Crippen MR) is 85.5 cm³/mol. The van der Waals surface area contributed by atoms with Crippen molar-refractivity contribution < 1.29 is 8.42 Å². The molecule has 0 saturated heterocycles. The summed E-state index contributed by atoms with van der Waals surface area (Å²) in [6, 6.07) is 9.29. The molecule has 22 heavy (non-hydrogen) atoms. The lowest BCUT2D eigenvalue weighted by atomic mass is 9.76. The quantitative estimate of drug-likeness (QED) is 0.931. The van der Waals surface area contributed by atoms with E-state index in [1.165, 1.54) is 10.2 Å². The van der Waals surface area contributed by atoms with Crippen LogP contribution in [-0.2, 0) is 17.1 Å². The van der Waals surface area contributed by atoms with Gasteiger partial charge in [0.05, 0.1) is 5.69 Å². The van der Waals surface area contributed by atoms with E-state index in [0.717, 1.165) is 12.8 Å². The molecule has 3 rings (SSSR count). The Morgan fingerprint density at radius 1 is 1.27 bits per heavy atom. The summed E-state index contributed by atoms with van der Waals surface area (Å²) >= 11 is 5.88. The Morgan fingerprint density at radius 3 is 2.45 bits per heavy atom. The molecule has 0 amide bonds. The molecule has 0 aliphatic heterocycles. The van der Waals surface area contributed by atoms with Crippen LogP contribution in [0.3, 0.4) is 0 Å². The number of aromatic nitrogens is 2. The highest BCUT2D eigenvalue weighted by Gasteiger charge is 2.34. The molecule has 5 nitrogen and oxygen atoms in total. The van der Waals surface area contributed by atoms with Crippen molar-refractivity contribution in [2.75, 3.05) is 0 Å². The zero-order valence-electron chi connectivity index (χ0n) is 12.5. The fourth-order valence-electron chi connectivity index (χ4n) is 2.84. The minimum Gasteiger partial charge on any atom is -0.256 e. The summed E-state index contributed by atoms with van der Waals surface area (Å²) in [6.07, 6.45) is 1.61. The van der Waals surface area contributed by atoms with Gasteiger partial charge in [0.2, 0.25) is 0 Å². The summed E-state index contributed by atoms with van der Waals surface area (Å²) in [4.78, 5) is 0. The van der Waals surface area contributed by atoms with Gasteiger partial charge in [0.1, 0.15) is 0 Å². The van der Waals surface area contributed by atoms with Crippen LogP contribution in [0.4, 0.5) is 0 Å². The maximum Gasteiger partial charge on any atom is 0.257 e. The van der Waals surface area contributed by atoms with Gasteiger partial charge in [0.15, 0.2) is 5.03 Å². The molecule has 1 saturated carbocycles. The Kier molecular flexibility index (Phi) is 4.01. The van der Waals surface area contributed by atoms with Crippen molar-refractivity contribution in [3.8, 4) is 0 Å². The summed E-state index contributed by atoms with van der Waals surface area (Å²) in [5.41, 5.74) is 1.90. The molecule has 1 aliphatic rings. The molecule has 2 aromatic rings. The van der Waals surface area contributed by atoms with Gasteiger partial charge >= 0.3 is 0 Å². The number of nitrogens with zero attached hydrogens (tertiary/aromatic N) is 2. The minimum absolute atomic E-state index is 0.0270. The van der Waals surface area contributed by atoms with Crippen LogP contribution >= 0.6 is 11.6 Å². The third kappa shape index (κ3) is 3.04. The molecule has 1 aromatic heterocycles. The lowest BCUT2D eigenvalue weighted by molar-refractivity contribution is 0.325. The van der Waals surface area contributed by atoms with Crippen molar-refractivity contribution >= 4 is 21.6 Å². The van der Waals surface area contributed by atoms with Crippen molar-refractivity contribution in [2.45, 2.75) is 36.8 Å². The summed E-state index contributed by atoms with van der Waals surface area (Å²) in [5, 5.41) is 5.01. The number of sulfonamides is 1. The van der Waals surface area contributed by atoms with Crippen LogP contribution in [0.1, 0.15) is 30.0 Å². The highest BCUT2D eigenvalue weighted by atomic mass is 35.5. The molecule has 0 unspecified atom stereocenters. The van der Waals surface area contributed by atoms with Crippen LogP contribution in [0.5, 0.6) is 0 Å². The first-order chi connectivity index (χ1) is 10.3. The first-order valence-electron chi connectivity index (χ1n) is 7.13. The van der Waals surface area contributed by atoms with Crippen molar-refractivity contribution in [2.24, 2.45) is 7.05 Å². The highest BCUT2D eigenvalue weighted by Crippen LogP contribution is 2.37. The highest BCUT2D eigenvalue weighted by molar-refractivity contribution is 7.89. The van der Waals surface area contributed by atoms with Gasteiger partial charge in [-0.05, 0) is 49.4 Å². The first kappa shape index (κ1) is 15.5.